The number of rotatable bonds is 4. The Kier molecular flexibility index (Phi) is 5.32. The molecule has 0 amide bonds. The van der Waals surface area contributed by atoms with E-state index in [0.717, 1.165) is 5.75 Å². The summed E-state index contributed by atoms with van der Waals surface area (Å²) in [7, 11) is 3.14. The largest absolute Gasteiger partial charge is 0.162 e. The van der Waals surface area contributed by atoms with Crippen LogP contribution in [0, 0.1) is 0 Å². The van der Waals surface area contributed by atoms with Crippen LogP contribution in [0.15, 0.2) is 30.3 Å². The quantitative estimate of drug-likeness (QED) is 0.566. The van der Waals surface area contributed by atoms with E-state index in [-0.39, 0.29) is 4.17 Å². The molecule has 0 bridgehead atoms. The second-order valence-electron chi connectivity index (χ2n) is 2.10. The van der Waals surface area contributed by atoms with Crippen LogP contribution in [0.3, 0.4) is 0 Å². The van der Waals surface area contributed by atoms with E-state index in [4.69, 9.17) is 23.2 Å². The summed E-state index contributed by atoms with van der Waals surface area (Å²) in [6.45, 7) is 0. The fourth-order valence-electron chi connectivity index (χ4n) is 0.728. The first kappa shape index (κ1) is 10.6. The SMILES string of the molecule is ClC(Cl)SSCc1ccccc1. The highest BCUT2D eigenvalue weighted by atomic mass is 35.5. The summed E-state index contributed by atoms with van der Waals surface area (Å²) in [5, 5.41) is 0. The normalized spacial score (nSPS) is 10.6. The van der Waals surface area contributed by atoms with Gasteiger partial charge in [0, 0.05) is 5.75 Å². The molecule has 12 heavy (non-hydrogen) atoms. The van der Waals surface area contributed by atoms with Gasteiger partial charge in [0.1, 0.15) is 0 Å². The molecule has 1 aromatic carbocycles. The monoisotopic (exact) mass is 238 g/mol. The summed E-state index contributed by atoms with van der Waals surface area (Å²) < 4.78 is -0.335. The van der Waals surface area contributed by atoms with E-state index in [2.05, 4.69) is 12.1 Å². The highest BCUT2D eigenvalue weighted by Crippen LogP contribution is 2.33. The molecule has 0 nitrogen and oxygen atoms in total. The zero-order valence-electron chi connectivity index (χ0n) is 6.24. The Hall–Kier alpha value is 0.500. The molecular weight excluding hydrogens is 231 g/mol. The van der Waals surface area contributed by atoms with Crippen molar-refractivity contribution in [3.05, 3.63) is 35.9 Å². The lowest BCUT2D eigenvalue weighted by Gasteiger charge is -2.00. The minimum absolute atomic E-state index is 0.335. The minimum atomic E-state index is -0.335. The lowest BCUT2D eigenvalue weighted by atomic mass is 10.2. The summed E-state index contributed by atoms with van der Waals surface area (Å²) >= 11 is 11.1. The van der Waals surface area contributed by atoms with E-state index in [1.807, 2.05) is 18.2 Å². The van der Waals surface area contributed by atoms with Crippen molar-refractivity contribution in [1.82, 2.24) is 0 Å². The predicted octanol–water partition coefficient (Wildman–Crippen LogP) is 4.33. The standard InChI is InChI=1S/C8H8Cl2S2/c9-8(10)12-11-6-7-4-2-1-3-5-7/h1-5,8H,6H2. The second kappa shape index (κ2) is 6.03. The second-order valence-corrected chi connectivity index (χ2v) is 6.19. The molecule has 0 saturated carbocycles. The van der Waals surface area contributed by atoms with Crippen LogP contribution in [0.4, 0.5) is 0 Å². The summed E-state index contributed by atoms with van der Waals surface area (Å²) in [6.07, 6.45) is 0. The van der Waals surface area contributed by atoms with Gasteiger partial charge in [0.25, 0.3) is 0 Å². The lowest BCUT2D eigenvalue weighted by Crippen LogP contribution is -1.77. The fourth-order valence-corrected chi connectivity index (χ4v) is 3.07. The van der Waals surface area contributed by atoms with Crippen molar-refractivity contribution in [3.8, 4) is 0 Å². The third-order valence-electron chi connectivity index (χ3n) is 1.21. The molecule has 0 unspecified atom stereocenters. The molecule has 0 aromatic heterocycles. The highest BCUT2D eigenvalue weighted by molar-refractivity contribution is 8.77. The first-order chi connectivity index (χ1) is 5.79. The average Bonchev–Trinajstić information content (AvgIpc) is 2.05. The van der Waals surface area contributed by atoms with Crippen LogP contribution in [-0.4, -0.2) is 4.17 Å². The van der Waals surface area contributed by atoms with Crippen molar-refractivity contribution >= 4 is 44.8 Å². The van der Waals surface area contributed by atoms with Crippen molar-refractivity contribution in [2.45, 2.75) is 9.92 Å². The molecule has 0 N–H and O–H groups in total. The van der Waals surface area contributed by atoms with Crippen molar-refractivity contribution in [1.29, 1.82) is 0 Å². The van der Waals surface area contributed by atoms with Gasteiger partial charge in [-0.2, -0.15) is 0 Å². The summed E-state index contributed by atoms with van der Waals surface area (Å²) in [5.74, 6) is 0.946. The minimum Gasteiger partial charge on any atom is -0.0923 e. The van der Waals surface area contributed by atoms with Crippen LogP contribution in [0.5, 0.6) is 0 Å². The maximum Gasteiger partial charge on any atom is 0.162 e. The Morgan fingerprint density at radius 1 is 1.17 bits per heavy atom. The Morgan fingerprint density at radius 3 is 2.42 bits per heavy atom. The van der Waals surface area contributed by atoms with Crippen LogP contribution in [0.2, 0.25) is 0 Å². The van der Waals surface area contributed by atoms with Crippen molar-refractivity contribution in [2.24, 2.45) is 0 Å². The molecule has 4 heteroatoms. The maximum absolute atomic E-state index is 5.55. The molecule has 0 aliphatic heterocycles. The number of benzene rings is 1. The topological polar surface area (TPSA) is 0 Å². The van der Waals surface area contributed by atoms with E-state index < -0.39 is 0 Å². The molecule has 1 aromatic rings. The molecule has 1 rings (SSSR count). The van der Waals surface area contributed by atoms with Gasteiger partial charge in [-0.25, -0.2) is 0 Å². The molecule has 0 atom stereocenters. The zero-order valence-corrected chi connectivity index (χ0v) is 9.39. The zero-order chi connectivity index (χ0) is 8.81. The van der Waals surface area contributed by atoms with Gasteiger partial charge in [0.2, 0.25) is 0 Å². The molecular formula is C8H8Cl2S2. The molecule has 0 radical (unpaired) electrons. The van der Waals surface area contributed by atoms with Crippen LogP contribution >= 0.6 is 44.8 Å². The van der Waals surface area contributed by atoms with E-state index in [9.17, 15) is 0 Å². The van der Waals surface area contributed by atoms with Gasteiger partial charge in [-0.15, -0.1) is 0 Å². The van der Waals surface area contributed by atoms with Crippen LogP contribution < -0.4 is 0 Å². The molecule has 0 fully saturated rings. The summed E-state index contributed by atoms with van der Waals surface area (Å²) in [5.41, 5.74) is 1.30. The molecule has 0 heterocycles. The van der Waals surface area contributed by atoms with Crippen molar-refractivity contribution < 1.29 is 0 Å². The number of halogens is 2. The smallest absolute Gasteiger partial charge is 0.0923 e. The van der Waals surface area contributed by atoms with Crippen LogP contribution in [-0.2, 0) is 5.75 Å². The summed E-state index contributed by atoms with van der Waals surface area (Å²) in [6, 6.07) is 10.2. The van der Waals surface area contributed by atoms with E-state index in [0.29, 0.717) is 0 Å². The fraction of sp³-hybridized carbons (Fsp3) is 0.250. The Bertz CT molecular complexity index is 214. The van der Waals surface area contributed by atoms with Crippen LogP contribution in [0.25, 0.3) is 0 Å². The summed E-state index contributed by atoms with van der Waals surface area (Å²) in [4.78, 5) is 0. The molecule has 66 valence electrons. The Labute approximate surface area is 90.4 Å². The van der Waals surface area contributed by atoms with Gasteiger partial charge < -0.3 is 0 Å². The van der Waals surface area contributed by atoms with Gasteiger partial charge in [-0.05, 0) is 5.56 Å². The first-order valence-electron chi connectivity index (χ1n) is 3.39. The average molecular weight is 239 g/mol. The van der Waals surface area contributed by atoms with E-state index in [1.54, 1.807) is 10.8 Å². The molecule has 0 aliphatic rings. The number of hydrogen-bond donors (Lipinski definition) is 0. The van der Waals surface area contributed by atoms with Gasteiger partial charge in [-0.1, -0.05) is 75.1 Å². The Balaban J connectivity index is 2.25. The predicted molar refractivity (Wildman–Crippen MR) is 60.8 cm³/mol. The number of hydrogen-bond acceptors (Lipinski definition) is 2. The Morgan fingerprint density at radius 2 is 1.83 bits per heavy atom. The van der Waals surface area contributed by atoms with Crippen molar-refractivity contribution in [2.75, 3.05) is 0 Å². The van der Waals surface area contributed by atoms with E-state index in [1.165, 1.54) is 16.4 Å². The van der Waals surface area contributed by atoms with Crippen LogP contribution in [0.1, 0.15) is 5.56 Å². The van der Waals surface area contributed by atoms with Gasteiger partial charge in [-0.3, -0.25) is 0 Å². The molecule has 0 saturated heterocycles. The molecule has 0 spiro atoms. The molecule has 0 aliphatic carbocycles. The lowest BCUT2D eigenvalue weighted by molar-refractivity contribution is 1.43. The van der Waals surface area contributed by atoms with Gasteiger partial charge in [0.15, 0.2) is 4.17 Å². The third-order valence-corrected chi connectivity index (χ3v) is 4.45. The van der Waals surface area contributed by atoms with Gasteiger partial charge in [0.05, 0.1) is 0 Å². The van der Waals surface area contributed by atoms with Crippen molar-refractivity contribution in [3.63, 3.8) is 0 Å². The van der Waals surface area contributed by atoms with Gasteiger partial charge >= 0.3 is 0 Å². The highest BCUT2D eigenvalue weighted by Gasteiger charge is 1.99. The third kappa shape index (κ3) is 4.51. The van der Waals surface area contributed by atoms with E-state index >= 15 is 0 Å². The maximum atomic E-state index is 5.55. The first-order valence-corrected chi connectivity index (χ1v) is 6.65. The number of alkyl halides is 2.